The number of carbonyl (C=O) groups is 3. The van der Waals surface area contributed by atoms with Crippen molar-refractivity contribution in [2.45, 2.75) is 26.2 Å². The van der Waals surface area contributed by atoms with Crippen molar-refractivity contribution in [3.63, 3.8) is 0 Å². The molecule has 0 unspecified atom stereocenters. The number of carbonyl (C=O) groups excluding carboxylic acids is 3. The zero-order valence-electron chi connectivity index (χ0n) is 17.4. The molecule has 1 saturated heterocycles. The molecular weight excluding hydrogens is 466 g/mol. The molecule has 0 spiro atoms. The lowest BCUT2D eigenvalue weighted by atomic mass is 10.1. The molecule has 2 aromatic carbocycles. The number of nitrogens with one attached hydrogen (secondary N) is 2. The minimum Gasteiger partial charge on any atom is -0.293 e. The summed E-state index contributed by atoms with van der Waals surface area (Å²) >= 11 is 12.5. The minimum absolute atomic E-state index is 0.129. The Morgan fingerprint density at radius 2 is 1.91 bits per heavy atom. The van der Waals surface area contributed by atoms with Gasteiger partial charge in [0.15, 0.2) is 0 Å². The van der Waals surface area contributed by atoms with Crippen molar-refractivity contribution in [3.8, 4) is 0 Å². The number of hydrogen-bond donors (Lipinski definition) is 2. The van der Waals surface area contributed by atoms with Gasteiger partial charge in [-0.2, -0.15) is 0 Å². The van der Waals surface area contributed by atoms with E-state index in [1.54, 1.807) is 18.2 Å². The topological polar surface area (TPSA) is 78.5 Å². The highest BCUT2D eigenvalue weighted by molar-refractivity contribution is 8.26. The molecule has 6 nitrogen and oxygen atoms in total. The monoisotopic (exact) mass is 487 g/mol. The van der Waals surface area contributed by atoms with Crippen LogP contribution in [0.2, 0.25) is 5.02 Å². The Morgan fingerprint density at radius 3 is 2.59 bits per heavy atom. The molecule has 32 heavy (non-hydrogen) atoms. The van der Waals surface area contributed by atoms with Crippen LogP contribution in [0, 0.1) is 0 Å². The Hall–Kier alpha value is -2.68. The number of thiocarbonyl (C=S) groups is 1. The zero-order chi connectivity index (χ0) is 23.1. The van der Waals surface area contributed by atoms with E-state index in [1.165, 1.54) is 28.3 Å². The lowest BCUT2D eigenvalue weighted by molar-refractivity contribution is -0.124. The predicted molar refractivity (Wildman–Crippen MR) is 132 cm³/mol. The fourth-order valence-electron chi connectivity index (χ4n) is 2.98. The molecule has 0 aromatic heterocycles. The maximum atomic E-state index is 12.7. The fraction of sp³-hybridized carbons (Fsp3) is 0.217. The first-order valence-corrected chi connectivity index (χ1v) is 11.7. The number of halogens is 1. The minimum atomic E-state index is -0.463. The molecule has 1 aliphatic rings. The van der Waals surface area contributed by atoms with Gasteiger partial charge in [0.05, 0.1) is 4.91 Å². The van der Waals surface area contributed by atoms with E-state index >= 15 is 0 Å². The number of hydrazine groups is 1. The highest BCUT2D eigenvalue weighted by Crippen LogP contribution is 2.32. The molecule has 166 valence electrons. The van der Waals surface area contributed by atoms with Crippen LogP contribution >= 0.6 is 35.6 Å². The maximum Gasteiger partial charge on any atom is 0.269 e. The Balaban J connectivity index is 1.46. The van der Waals surface area contributed by atoms with E-state index in [2.05, 4.69) is 17.8 Å². The molecule has 0 bridgehead atoms. The standard InChI is InChI=1S/C23H22ClN3O3S2/c1-2-15-8-10-16(11-9-15)13-19-22(30)27(23(31)32-19)12-4-7-20(28)25-26-21(29)17-5-3-6-18(24)14-17/h3,5-6,8-11,13-14H,2,4,7,12H2,1H3,(H,25,28)(H,26,29)/b19-13-. The van der Waals surface area contributed by atoms with Gasteiger partial charge in [-0.3, -0.25) is 30.1 Å². The van der Waals surface area contributed by atoms with Crippen LogP contribution in [0.15, 0.2) is 53.4 Å². The van der Waals surface area contributed by atoms with Crippen LogP contribution in [0.25, 0.3) is 6.08 Å². The van der Waals surface area contributed by atoms with E-state index in [9.17, 15) is 14.4 Å². The maximum absolute atomic E-state index is 12.7. The first-order chi connectivity index (χ1) is 15.4. The summed E-state index contributed by atoms with van der Waals surface area (Å²) in [4.78, 5) is 38.8. The molecule has 2 N–H and O–H groups in total. The molecule has 1 aliphatic heterocycles. The van der Waals surface area contributed by atoms with Crippen molar-refractivity contribution < 1.29 is 14.4 Å². The number of nitrogens with zero attached hydrogens (tertiary/aromatic N) is 1. The molecule has 2 aromatic rings. The molecule has 9 heteroatoms. The van der Waals surface area contributed by atoms with Gasteiger partial charge >= 0.3 is 0 Å². The summed E-state index contributed by atoms with van der Waals surface area (Å²) in [6, 6.07) is 14.4. The van der Waals surface area contributed by atoms with Crippen LogP contribution in [-0.2, 0) is 16.0 Å². The second-order valence-corrected chi connectivity index (χ2v) is 9.16. The third-order valence-electron chi connectivity index (χ3n) is 4.75. The van der Waals surface area contributed by atoms with Crippen LogP contribution in [0.5, 0.6) is 0 Å². The highest BCUT2D eigenvalue weighted by atomic mass is 35.5. The first-order valence-electron chi connectivity index (χ1n) is 10.1. The van der Waals surface area contributed by atoms with Crippen LogP contribution in [0.4, 0.5) is 0 Å². The van der Waals surface area contributed by atoms with Crippen LogP contribution < -0.4 is 10.9 Å². The van der Waals surface area contributed by atoms with Crippen molar-refractivity contribution in [3.05, 3.63) is 75.1 Å². The highest BCUT2D eigenvalue weighted by Gasteiger charge is 2.31. The Kier molecular flexibility index (Phi) is 8.44. The SMILES string of the molecule is CCc1ccc(/C=C2\SC(=S)N(CCCC(=O)NNC(=O)c3cccc(Cl)c3)C2=O)cc1. The third-order valence-corrected chi connectivity index (χ3v) is 6.36. The van der Waals surface area contributed by atoms with E-state index in [4.69, 9.17) is 23.8 Å². The van der Waals surface area contributed by atoms with Gasteiger partial charge in [0.2, 0.25) is 5.91 Å². The summed E-state index contributed by atoms with van der Waals surface area (Å²) in [6.07, 6.45) is 3.32. The largest absolute Gasteiger partial charge is 0.293 e. The van der Waals surface area contributed by atoms with Crippen molar-refractivity contribution >= 4 is 63.7 Å². The Bertz CT molecular complexity index is 1070. The van der Waals surface area contributed by atoms with Crippen molar-refractivity contribution in [2.24, 2.45) is 0 Å². The van der Waals surface area contributed by atoms with Crippen LogP contribution in [-0.4, -0.2) is 33.5 Å². The molecule has 3 rings (SSSR count). The Labute approximate surface area is 201 Å². The quantitative estimate of drug-likeness (QED) is 0.345. The molecule has 1 fully saturated rings. The molecule has 0 atom stereocenters. The summed E-state index contributed by atoms with van der Waals surface area (Å²) in [6.45, 7) is 2.42. The van der Waals surface area contributed by atoms with Gasteiger partial charge in [-0.15, -0.1) is 0 Å². The summed E-state index contributed by atoms with van der Waals surface area (Å²) in [7, 11) is 0. The van der Waals surface area contributed by atoms with Gasteiger partial charge in [0, 0.05) is 23.6 Å². The number of thioether (sulfide) groups is 1. The normalized spacial score (nSPS) is 14.7. The predicted octanol–water partition coefficient (Wildman–Crippen LogP) is 4.35. The lowest BCUT2D eigenvalue weighted by Crippen LogP contribution is -2.41. The number of aryl methyl sites for hydroxylation is 1. The summed E-state index contributed by atoms with van der Waals surface area (Å²) in [5.74, 6) is -0.985. The van der Waals surface area contributed by atoms with Gasteiger partial charge in [0.25, 0.3) is 11.8 Å². The van der Waals surface area contributed by atoms with Crippen molar-refractivity contribution in [1.29, 1.82) is 0 Å². The van der Waals surface area contributed by atoms with E-state index in [0.717, 1.165) is 12.0 Å². The van der Waals surface area contributed by atoms with Gasteiger partial charge in [-0.25, -0.2) is 0 Å². The van der Waals surface area contributed by atoms with E-state index in [-0.39, 0.29) is 18.2 Å². The van der Waals surface area contributed by atoms with E-state index in [1.807, 2.05) is 30.3 Å². The molecule has 1 heterocycles. The van der Waals surface area contributed by atoms with Crippen LogP contribution in [0.3, 0.4) is 0 Å². The molecule has 0 radical (unpaired) electrons. The summed E-state index contributed by atoms with van der Waals surface area (Å²) in [5, 5.41) is 0.430. The average molecular weight is 488 g/mol. The number of benzene rings is 2. The lowest BCUT2D eigenvalue weighted by Gasteiger charge is -2.14. The summed E-state index contributed by atoms with van der Waals surface area (Å²) < 4.78 is 0.473. The van der Waals surface area contributed by atoms with Crippen molar-refractivity contribution in [1.82, 2.24) is 15.8 Å². The molecule has 3 amide bonds. The third kappa shape index (κ3) is 6.41. The molecule has 0 aliphatic carbocycles. The second-order valence-electron chi connectivity index (χ2n) is 7.04. The summed E-state index contributed by atoms with van der Waals surface area (Å²) in [5.41, 5.74) is 7.23. The Morgan fingerprint density at radius 1 is 1.16 bits per heavy atom. The molecular formula is C23H22ClN3O3S2. The van der Waals surface area contributed by atoms with Crippen LogP contribution in [0.1, 0.15) is 41.3 Å². The van der Waals surface area contributed by atoms with E-state index < -0.39 is 5.91 Å². The van der Waals surface area contributed by atoms with E-state index in [0.29, 0.717) is 32.8 Å². The van der Waals surface area contributed by atoms with Gasteiger partial charge < -0.3 is 0 Å². The van der Waals surface area contributed by atoms with Gasteiger partial charge in [0.1, 0.15) is 4.32 Å². The smallest absolute Gasteiger partial charge is 0.269 e. The van der Waals surface area contributed by atoms with Crippen molar-refractivity contribution in [2.75, 3.05) is 6.54 Å². The number of rotatable bonds is 7. The van der Waals surface area contributed by atoms with Gasteiger partial charge in [-0.05, 0) is 48.2 Å². The molecule has 0 saturated carbocycles. The first kappa shape index (κ1) is 24.0. The number of amides is 3. The zero-order valence-corrected chi connectivity index (χ0v) is 19.8. The number of hydrogen-bond acceptors (Lipinski definition) is 5. The fourth-order valence-corrected chi connectivity index (χ4v) is 4.48. The van der Waals surface area contributed by atoms with Gasteiger partial charge in [-0.1, -0.05) is 72.8 Å². The average Bonchev–Trinajstić information content (AvgIpc) is 3.05. The second kappa shape index (κ2) is 11.3.